The lowest BCUT2D eigenvalue weighted by molar-refractivity contribution is -0.0192. The molecular weight excluding hydrogens is 222 g/mol. The molecule has 3 atom stereocenters. The predicted octanol–water partition coefficient (Wildman–Crippen LogP) is 3.70. The molecule has 2 aliphatic carbocycles. The van der Waals surface area contributed by atoms with E-state index in [0.717, 1.165) is 38.1 Å². The number of nitrogens with zero attached hydrogens (tertiary/aromatic N) is 1. The molecule has 0 aliphatic heterocycles. The molecule has 0 N–H and O–H groups in total. The zero-order chi connectivity index (χ0) is 12.8. The van der Waals surface area contributed by atoms with Crippen LogP contribution in [-0.4, -0.2) is 37.2 Å². The van der Waals surface area contributed by atoms with Gasteiger partial charge >= 0.3 is 0 Å². The largest absolute Gasteiger partial charge is 0.377 e. The standard InChI is InChI=1S/C16H31NO/c1-3-17(4-2)11-12-18-16-10-9-14-7-5-6-8-15(14)13-16/h14-16H,3-13H2,1-2H3. The topological polar surface area (TPSA) is 12.5 Å². The van der Waals surface area contributed by atoms with Crippen molar-refractivity contribution in [1.82, 2.24) is 4.90 Å². The summed E-state index contributed by atoms with van der Waals surface area (Å²) in [6, 6.07) is 0. The van der Waals surface area contributed by atoms with E-state index in [0.29, 0.717) is 6.10 Å². The molecular formula is C16H31NO. The third-order valence-corrected chi connectivity index (χ3v) is 5.15. The van der Waals surface area contributed by atoms with Crippen LogP contribution >= 0.6 is 0 Å². The second-order valence-corrected chi connectivity index (χ2v) is 6.14. The SMILES string of the molecule is CCN(CC)CCOC1CCC2CCCCC2C1. The summed E-state index contributed by atoms with van der Waals surface area (Å²) in [5.41, 5.74) is 0. The summed E-state index contributed by atoms with van der Waals surface area (Å²) in [5.74, 6) is 2.03. The van der Waals surface area contributed by atoms with Gasteiger partial charge in [-0.15, -0.1) is 0 Å². The molecule has 2 heteroatoms. The Morgan fingerprint density at radius 2 is 1.67 bits per heavy atom. The van der Waals surface area contributed by atoms with Gasteiger partial charge in [-0.1, -0.05) is 39.5 Å². The van der Waals surface area contributed by atoms with Gasteiger partial charge in [-0.3, -0.25) is 0 Å². The molecule has 0 saturated heterocycles. The van der Waals surface area contributed by atoms with Crippen LogP contribution in [0.25, 0.3) is 0 Å². The van der Waals surface area contributed by atoms with Crippen LogP contribution in [0.1, 0.15) is 58.8 Å². The third kappa shape index (κ3) is 3.96. The van der Waals surface area contributed by atoms with E-state index in [9.17, 15) is 0 Å². The lowest BCUT2D eigenvalue weighted by atomic mass is 9.70. The van der Waals surface area contributed by atoms with Crippen molar-refractivity contribution in [1.29, 1.82) is 0 Å². The van der Waals surface area contributed by atoms with Gasteiger partial charge in [0.2, 0.25) is 0 Å². The zero-order valence-electron chi connectivity index (χ0n) is 12.4. The lowest BCUT2D eigenvalue weighted by Gasteiger charge is -2.39. The van der Waals surface area contributed by atoms with Crippen molar-refractivity contribution in [3.05, 3.63) is 0 Å². The average molecular weight is 253 g/mol. The highest BCUT2D eigenvalue weighted by atomic mass is 16.5. The van der Waals surface area contributed by atoms with Crippen molar-refractivity contribution in [2.45, 2.75) is 64.9 Å². The Bertz CT molecular complexity index is 227. The Labute approximate surface area is 113 Å². The fourth-order valence-corrected chi connectivity index (χ4v) is 3.87. The summed E-state index contributed by atoms with van der Waals surface area (Å²) < 4.78 is 6.12. The molecule has 0 aromatic rings. The molecule has 2 aliphatic rings. The summed E-state index contributed by atoms with van der Waals surface area (Å²) >= 11 is 0. The first-order valence-corrected chi connectivity index (χ1v) is 8.17. The van der Waals surface area contributed by atoms with E-state index in [1.807, 2.05) is 0 Å². The Kier molecular flexibility index (Phi) is 5.97. The molecule has 2 nitrogen and oxygen atoms in total. The Morgan fingerprint density at radius 1 is 0.944 bits per heavy atom. The third-order valence-electron chi connectivity index (χ3n) is 5.15. The Morgan fingerprint density at radius 3 is 2.39 bits per heavy atom. The minimum atomic E-state index is 0.569. The normalized spacial score (nSPS) is 32.5. The van der Waals surface area contributed by atoms with E-state index in [1.165, 1.54) is 44.9 Å². The van der Waals surface area contributed by atoms with Crippen molar-refractivity contribution in [3.63, 3.8) is 0 Å². The van der Waals surface area contributed by atoms with E-state index < -0.39 is 0 Å². The number of hydrogen-bond donors (Lipinski definition) is 0. The van der Waals surface area contributed by atoms with Crippen molar-refractivity contribution < 1.29 is 4.74 Å². The molecule has 0 amide bonds. The summed E-state index contributed by atoms with van der Waals surface area (Å²) in [6.45, 7) is 8.80. The fourth-order valence-electron chi connectivity index (χ4n) is 3.87. The van der Waals surface area contributed by atoms with Gasteiger partial charge in [-0.2, -0.15) is 0 Å². The molecule has 3 unspecified atom stereocenters. The number of ether oxygens (including phenoxy) is 1. The molecule has 0 aromatic carbocycles. The maximum absolute atomic E-state index is 6.12. The van der Waals surface area contributed by atoms with Crippen LogP contribution in [0.4, 0.5) is 0 Å². The number of fused-ring (bicyclic) bond motifs is 1. The molecule has 18 heavy (non-hydrogen) atoms. The highest BCUT2D eigenvalue weighted by Crippen LogP contribution is 2.41. The van der Waals surface area contributed by atoms with Crippen LogP contribution in [0, 0.1) is 11.8 Å². The smallest absolute Gasteiger partial charge is 0.0597 e. The van der Waals surface area contributed by atoms with E-state index in [-0.39, 0.29) is 0 Å². The van der Waals surface area contributed by atoms with Gasteiger partial charge in [0, 0.05) is 6.54 Å². The van der Waals surface area contributed by atoms with Gasteiger partial charge in [0.15, 0.2) is 0 Å². The summed E-state index contributed by atoms with van der Waals surface area (Å²) in [6.07, 6.45) is 10.6. The number of likely N-dealkylation sites (N-methyl/N-ethyl adjacent to an activating group) is 1. The van der Waals surface area contributed by atoms with Gasteiger partial charge in [0.05, 0.1) is 12.7 Å². The van der Waals surface area contributed by atoms with E-state index >= 15 is 0 Å². The highest BCUT2D eigenvalue weighted by molar-refractivity contribution is 4.83. The van der Waals surface area contributed by atoms with Crippen LogP contribution in [0.2, 0.25) is 0 Å². The van der Waals surface area contributed by atoms with Crippen molar-refractivity contribution in [2.24, 2.45) is 11.8 Å². The minimum Gasteiger partial charge on any atom is -0.377 e. The molecule has 0 radical (unpaired) electrons. The zero-order valence-corrected chi connectivity index (χ0v) is 12.4. The number of hydrogen-bond acceptors (Lipinski definition) is 2. The van der Waals surface area contributed by atoms with Crippen LogP contribution in [0.3, 0.4) is 0 Å². The van der Waals surface area contributed by atoms with E-state index in [2.05, 4.69) is 18.7 Å². The van der Waals surface area contributed by atoms with Crippen LogP contribution in [0.15, 0.2) is 0 Å². The number of rotatable bonds is 6. The molecule has 0 bridgehead atoms. The van der Waals surface area contributed by atoms with Crippen LogP contribution in [-0.2, 0) is 4.74 Å². The first-order chi connectivity index (χ1) is 8.83. The average Bonchev–Trinajstić information content (AvgIpc) is 2.43. The van der Waals surface area contributed by atoms with Crippen molar-refractivity contribution >= 4 is 0 Å². The summed E-state index contributed by atoms with van der Waals surface area (Å²) in [4.78, 5) is 2.45. The molecule has 0 aromatic heterocycles. The van der Waals surface area contributed by atoms with Gasteiger partial charge in [-0.25, -0.2) is 0 Å². The minimum absolute atomic E-state index is 0.569. The molecule has 2 rings (SSSR count). The second-order valence-electron chi connectivity index (χ2n) is 6.14. The van der Waals surface area contributed by atoms with Crippen LogP contribution < -0.4 is 0 Å². The molecule has 2 saturated carbocycles. The first-order valence-electron chi connectivity index (χ1n) is 8.17. The molecule has 2 fully saturated rings. The van der Waals surface area contributed by atoms with Crippen molar-refractivity contribution in [2.75, 3.05) is 26.2 Å². The van der Waals surface area contributed by atoms with Crippen LogP contribution in [0.5, 0.6) is 0 Å². The van der Waals surface area contributed by atoms with Crippen molar-refractivity contribution in [3.8, 4) is 0 Å². The Hall–Kier alpha value is -0.0800. The van der Waals surface area contributed by atoms with Gasteiger partial charge < -0.3 is 9.64 Å². The maximum atomic E-state index is 6.12. The fraction of sp³-hybridized carbons (Fsp3) is 1.00. The molecule has 0 spiro atoms. The monoisotopic (exact) mass is 253 g/mol. The lowest BCUT2D eigenvalue weighted by Crippen LogP contribution is -2.34. The molecule has 106 valence electrons. The molecule has 0 heterocycles. The predicted molar refractivity (Wildman–Crippen MR) is 76.8 cm³/mol. The second kappa shape index (κ2) is 7.49. The van der Waals surface area contributed by atoms with E-state index in [1.54, 1.807) is 0 Å². The summed E-state index contributed by atoms with van der Waals surface area (Å²) in [7, 11) is 0. The van der Waals surface area contributed by atoms with Gasteiger partial charge in [0.25, 0.3) is 0 Å². The summed E-state index contributed by atoms with van der Waals surface area (Å²) in [5, 5.41) is 0. The Balaban J connectivity index is 1.65. The van der Waals surface area contributed by atoms with E-state index in [4.69, 9.17) is 4.74 Å². The van der Waals surface area contributed by atoms with Gasteiger partial charge in [-0.05, 0) is 44.2 Å². The first kappa shape index (κ1) is 14.3. The maximum Gasteiger partial charge on any atom is 0.0597 e. The highest BCUT2D eigenvalue weighted by Gasteiger charge is 2.32. The quantitative estimate of drug-likeness (QED) is 0.715. The van der Waals surface area contributed by atoms with Gasteiger partial charge in [0.1, 0.15) is 0 Å².